The molecule has 1 aromatic heterocycles. The fraction of sp³-hybridized carbons (Fsp3) is 0. The molecule has 3 aromatic rings. The number of H-pyrrole nitrogens is 1. The van der Waals surface area contributed by atoms with E-state index < -0.39 is 21.5 Å². The van der Waals surface area contributed by atoms with Crippen LogP contribution >= 0.6 is 27.5 Å². The summed E-state index contributed by atoms with van der Waals surface area (Å²) in [5.74, 6) is -1.80. The highest BCUT2D eigenvalue weighted by Crippen LogP contribution is 2.30. The Bertz CT molecular complexity index is 1060. The number of nitriles is 1. The zero-order valence-corrected chi connectivity index (χ0v) is 13.6. The highest BCUT2D eigenvalue weighted by atomic mass is 79.9. The molecule has 3 rings (SSSR count). The molecule has 0 amide bonds. The SMILES string of the molecule is N#Cc1ccc(Cl)c(-c2cc(=O)c3c(F)c(Br)c(F)cc3[nH]2)c1. The highest BCUT2D eigenvalue weighted by molar-refractivity contribution is 9.10. The Kier molecular flexibility index (Phi) is 3.92. The van der Waals surface area contributed by atoms with Gasteiger partial charge in [0.25, 0.3) is 0 Å². The molecule has 0 aliphatic carbocycles. The van der Waals surface area contributed by atoms with Crippen LogP contribution in [-0.2, 0) is 0 Å². The third kappa shape index (κ3) is 2.62. The van der Waals surface area contributed by atoms with Gasteiger partial charge in [-0.2, -0.15) is 5.26 Å². The third-order valence-electron chi connectivity index (χ3n) is 3.34. The van der Waals surface area contributed by atoms with Gasteiger partial charge in [-0.15, -0.1) is 0 Å². The number of aromatic nitrogens is 1. The molecule has 114 valence electrons. The molecule has 23 heavy (non-hydrogen) atoms. The van der Waals surface area contributed by atoms with Crippen molar-refractivity contribution in [3.05, 3.63) is 67.2 Å². The van der Waals surface area contributed by atoms with Gasteiger partial charge in [-0.1, -0.05) is 11.6 Å². The van der Waals surface area contributed by atoms with Gasteiger partial charge in [0.2, 0.25) is 0 Å². The standard InChI is InChI=1S/C16H6BrClF2N2O/c17-15-10(19)4-12-14(16(15)20)13(23)5-11(22-12)8-3-7(6-21)1-2-9(8)18/h1-5H,(H,22,23). The summed E-state index contributed by atoms with van der Waals surface area (Å²) in [5, 5.41) is 9.01. The molecule has 0 saturated carbocycles. The van der Waals surface area contributed by atoms with Crippen molar-refractivity contribution in [1.82, 2.24) is 4.98 Å². The second-order valence-electron chi connectivity index (χ2n) is 4.76. The molecule has 0 unspecified atom stereocenters. The van der Waals surface area contributed by atoms with E-state index in [0.717, 1.165) is 12.1 Å². The fourth-order valence-corrected chi connectivity index (χ4v) is 2.80. The molecule has 0 saturated heterocycles. The van der Waals surface area contributed by atoms with Gasteiger partial charge in [0, 0.05) is 16.7 Å². The van der Waals surface area contributed by atoms with Gasteiger partial charge < -0.3 is 4.98 Å². The molecule has 7 heteroatoms. The van der Waals surface area contributed by atoms with E-state index in [1.165, 1.54) is 18.2 Å². The van der Waals surface area contributed by atoms with E-state index in [2.05, 4.69) is 20.9 Å². The van der Waals surface area contributed by atoms with Crippen LogP contribution in [0, 0.1) is 23.0 Å². The number of nitrogens with one attached hydrogen (secondary N) is 1. The topological polar surface area (TPSA) is 56.6 Å². The third-order valence-corrected chi connectivity index (χ3v) is 4.40. The zero-order valence-electron chi connectivity index (χ0n) is 11.3. The van der Waals surface area contributed by atoms with Crippen LogP contribution in [0.5, 0.6) is 0 Å². The first-order chi connectivity index (χ1) is 10.9. The summed E-state index contributed by atoms with van der Waals surface area (Å²) in [5.41, 5.74) is 0.396. The van der Waals surface area contributed by atoms with E-state index >= 15 is 0 Å². The molecular formula is C16H6BrClF2N2O. The van der Waals surface area contributed by atoms with Gasteiger partial charge in [0.1, 0.15) is 5.82 Å². The van der Waals surface area contributed by atoms with Crippen LogP contribution in [0.3, 0.4) is 0 Å². The number of fused-ring (bicyclic) bond motifs is 1. The van der Waals surface area contributed by atoms with Crippen LogP contribution in [0.25, 0.3) is 22.2 Å². The average Bonchev–Trinajstić information content (AvgIpc) is 2.52. The van der Waals surface area contributed by atoms with E-state index in [1.807, 2.05) is 6.07 Å². The van der Waals surface area contributed by atoms with Gasteiger partial charge in [-0.05, 0) is 40.2 Å². The van der Waals surface area contributed by atoms with E-state index in [1.54, 1.807) is 0 Å². The molecule has 0 atom stereocenters. The summed E-state index contributed by atoms with van der Waals surface area (Å²) in [6.07, 6.45) is 0. The molecule has 1 heterocycles. The Labute approximate surface area is 142 Å². The average molecular weight is 396 g/mol. The minimum Gasteiger partial charge on any atom is -0.354 e. The minimum atomic E-state index is -0.968. The van der Waals surface area contributed by atoms with Gasteiger partial charge in [0.15, 0.2) is 11.2 Å². The van der Waals surface area contributed by atoms with E-state index in [4.69, 9.17) is 16.9 Å². The first-order valence-electron chi connectivity index (χ1n) is 6.33. The molecule has 2 aromatic carbocycles. The molecule has 0 fully saturated rings. The van der Waals surface area contributed by atoms with Crippen LogP contribution in [-0.4, -0.2) is 4.98 Å². The summed E-state index contributed by atoms with van der Waals surface area (Å²) in [7, 11) is 0. The Balaban J connectivity index is 2.36. The number of nitrogens with zero attached hydrogens (tertiary/aromatic N) is 1. The lowest BCUT2D eigenvalue weighted by molar-refractivity contribution is 0.580. The smallest absolute Gasteiger partial charge is 0.193 e. The first kappa shape index (κ1) is 15.7. The molecular weight excluding hydrogens is 390 g/mol. The molecule has 0 aliphatic rings. The summed E-state index contributed by atoms with van der Waals surface area (Å²) >= 11 is 8.86. The number of rotatable bonds is 1. The lowest BCUT2D eigenvalue weighted by Crippen LogP contribution is -2.07. The van der Waals surface area contributed by atoms with Crippen molar-refractivity contribution in [3.63, 3.8) is 0 Å². The molecule has 0 spiro atoms. The predicted molar refractivity (Wildman–Crippen MR) is 87.3 cm³/mol. The monoisotopic (exact) mass is 394 g/mol. The van der Waals surface area contributed by atoms with E-state index in [-0.39, 0.29) is 16.6 Å². The lowest BCUT2D eigenvalue weighted by Gasteiger charge is -2.08. The van der Waals surface area contributed by atoms with Crippen molar-refractivity contribution >= 4 is 38.4 Å². The largest absolute Gasteiger partial charge is 0.354 e. The Morgan fingerprint density at radius 1 is 1.22 bits per heavy atom. The number of halogens is 4. The second kappa shape index (κ2) is 5.76. The summed E-state index contributed by atoms with van der Waals surface area (Å²) in [6, 6.07) is 8.69. The molecule has 1 N–H and O–H groups in total. The van der Waals surface area contributed by atoms with Crippen molar-refractivity contribution in [1.29, 1.82) is 5.26 Å². The fourth-order valence-electron chi connectivity index (χ4n) is 2.27. The predicted octanol–water partition coefficient (Wildman–Crippen LogP) is 4.76. The molecule has 0 aliphatic heterocycles. The number of aromatic amines is 1. The van der Waals surface area contributed by atoms with Crippen LogP contribution in [0.4, 0.5) is 8.78 Å². The molecule has 3 nitrogen and oxygen atoms in total. The maximum atomic E-state index is 14.1. The van der Waals surface area contributed by atoms with Crippen LogP contribution in [0.2, 0.25) is 5.02 Å². The van der Waals surface area contributed by atoms with Gasteiger partial charge in [0.05, 0.1) is 32.7 Å². The highest BCUT2D eigenvalue weighted by Gasteiger charge is 2.16. The summed E-state index contributed by atoms with van der Waals surface area (Å²) in [4.78, 5) is 15.0. The van der Waals surface area contributed by atoms with Gasteiger partial charge >= 0.3 is 0 Å². The quantitative estimate of drug-likeness (QED) is 0.604. The van der Waals surface area contributed by atoms with Crippen molar-refractivity contribution in [2.75, 3.05) is 0 Å². The van der Waals surface area contributed by atoms with Gasteiger partial charge in [-0.3, -0.25) is 4.79 Å². The van der Waals surface area contributed by atoms with Crippen LogP contribution < -0.4 is 5.43 Å². The van der Waals surface area contributed by atoms with Crippen LogP contribution in [0.1, 0.15) is 5.56 Å². The maximum Gasteiger partial charge on any atom is 0.193 e. The number of hydrogen-bond donors (Lipinski definition) is 1. The van der Waals surface area contributed by atoms with Crippen molar-refractivity contribution in [3.8, 4) is 17.3 Å². The van der Waals surface area contributed by atoms with E-state index in [0.29, 0.717) is 16.1 Å². The minimum absolute atomic E-state index is 0.00382. The Hall–Kier alpha value is -2.23. The van der Waals surface area contributed by atoms with Gasteiger partial charge in [-0.25, -0.2) is 8.78 Å². The normalized spacial score (nSPS) is 10.7. The van der Waals surface area contributed by atoms with Crippen molar-refractivity contribution < 1.29 is 8.78 Å². The Morgan fingerprint density at radius 2 is 1.96 bits per heavy atom. The number of pyridine rings is 1. The number of benzene rings is 2. The number of hydrogen-bond acceptors (Lipinski definition) is 2. The van der Waals surface area contributed by atoms with E-state index in [9.17, 15) is 13.6 Å². The maximum absolute atomic E-state index is 14.1. The Morgan fingerprint density at radius 3 is 2.65 bits per heavy atom. The summed E-state index contributed by atoms with van der Waals surface area (Å²) in [6.45, 7) is 0. The van der Waals surface area contributed by atoms with Crippen molar-refractivity contribution in [2.45, 2.75) is 0 Å². The zero-order chi connectivity index (χ0) is 16.7. The summed E-state index contributed by atoms with van der Waals surface area (Å²) < 4.78 is 27.4. The molecule has 0 radical (unpaired) electrons. The first-order valence-corrected chi connectivity index (χ1v) is 7.50. The van der Waals surface area contributed by atoms with Crippen molar-refractivity contribution in [2.24, 2.45) is 0 Å². The lowest BCUT2D eigenvalue weighted by atomic mass is 10.1. The molecule has 0 bridgehead atoms. The second-order valence-corrected chi connectivity index (χ2v) is 5.96. The van der Waals surface area contributed by atoms with Crippen LogP contribution in [0.15, 0.2) is 39.6 Å².